The number of rotatable bonds is 1. The number of amides is 1. The first-order valence-corrected chi connectivity index (χ1v) is 3.96. The van der Waals surface area contributed by atoms with E-state index in [1.165, 1.54) is 4.90 Å². The molecule has 0 unspecified atom stereocenters. The van der Waals surface area contributed by atoms with Crippen molar-refractivity contribution in [2.75, 3.05) is 19.8 Å². The number of hydrogen-bond donors (Lipinski definition) is 1. The van der Waals surface area contributed by atoms with Crippen molar-refractivity contribution in [3.05, 3.63) is 23.5 Å². The van der Waals surface area contributed by atoms with Gasteiger partial charge >= 0.3 is 0 Å². The Balaban J connectivity index is 3.13. The SMILES string of the molecule is Cc1ncc(N)cc1C(=O)N(C)C. The van der Waals surface area contributed by atoms with Crippen molar-refractivity contribution in [2.24, 2.45) is 0 Å². The molecule has 4 nitrogen and oxygen atoms in total. The summed E-state index contributed by atoms with van der Waals surface area (Å²) in [7, 11) is 3.40. The molecule has 0 aliphatic rings. The lowest BCUT2D eigenvalue weighted by Gasteiger charge is -2.11. The zero-order valence-electron chi connectivity index (χ0n) is 8.03. The summed E-state index contributed by atoms with van der Waals surface area (Å²) in [6.07, 6.45) is 1.54. The lowest BCUT2D eigenvalue weighted by atomic mass is 10.2. The maximum atomic E-state index is 11.5. The van der Waals surface area contributed by atoms with Crippen LogP contribution in [0, 0.1) is 6.92 Å². The van der Waals surface area contributed by atoms with Gasteiger partial charge in [0.05, 0.1) is 23.1 Å². The van der Waals surface area contributed by atoms with E-state index in [0.717, 1.165) is 0 Å². The first kappa shape index (κ1) is 9.51. The molecule has 1 aromatic rings. The Labute approximate surface area is 77.4 Å². The van der Waals surface area contributed by atoms with Crippen LogP contribution in [-0.2, 0) is 0 Å². The van der Waals surface area contributed by atoms with Crippen LogP contribution in [-0.4, -0.2) is 29.9 Å². The molecule has 0 spiro atoms. The predicted octanol–water partition coefficient (Wildman–Crippen LogP) is 0.674. The van der Waals surface area contributed by atoms with Crippen molar-refractivity contribution in [3.8, 4) is 0 Å². The van der Waals surface area contributed by atoms with Gasteiger partial charge in [-0.05, 0) is 13.0 Å². The molecule has 0 aliphatic heterocycles. The van der Waals surface area contributed by atoms with Crippen LogP contribution in [0.3, 0.4) is 0 Å². The molecule has 1 aromatic heterocycles. The standard InChI is InChI=1S/C9H13N3O/c1-6-8(9(13)12(2)3)4-7(10)5-11-6/h4-5H,10H2,1-3H3. The summed E-state index contributed by atoms with van der Waals surface area (Å²) >= 11 is 0. The number of aromatic nitrogens is 1. The summed E-state index contributed by atoms with van der Waals surface area (Å²) in [6.45, 7) is 1.79. The Hall–Kier alpha value is -1.58. The lowest BCUT2D eigenvalue weighted by Crippen LogP contribution is -2.23. The number of anilines is 1. The molecular weight excluding hydrogens is 166 g/mol. The van der Waals surface area contributed by atoms with E-state index in [4.69, 9.17) is 5.73 Å². The fourth-order valence-electron chi connectivity index (χ4n) is 1.01. The fraction of sp³-hybridized carbons (Fsp3) is 0.333. The Bertz CT molecular complexity index is 334. The van der Waals surface area contributed by atoms with Crippen molar-refractivity contribution < 1.29 is 4.79 Å². The smallest absolute Gasteiger partial charge is 0.255 e. The van der Waals surface area contributed by atoms with E-state index in [9.17, 15) is 4.79 Å². The molecular formula is C9H13N3O. The van der Waals surface area contributed by atoms with Gasteiger partial charge < -0.3 is 10.6 Å². The number of nitrogen functional groups attached to an aromatic ring is 1. The highest BCUT2D eigenvalue weighted by Gasteiger charge is 2.11. The molecule has 0 radical (unpaired) electrons. The molecule has 0 atom stereocenters. The summed E-state index contributed by atoms with van der Waals surface area (Å²) in [5.74, 6) is -0.0719. The number of nitrogens with two attached hydrogens (primary N) is 1. The van der Waals surface area contributed by atoms with E-state index in [-0.39, 0.29) is 5.91 Å². The zero-order valence-corrected chi connectivity index (χ0v) is 8.03. The van der Waals surface area contributed by atoms with Gasteiger partial charge in [-0.3, -0.25) is 9.78 Å². The van der Waals surface area contributed by atoms with Crippen LogP contribution in [0.25, 0.3) is 0 Å². The third-order valence-electron chi connectivity index (χ3n) is 1.74. The topological polar surface area (TPSA) is 59.2 Å². The normalized spacial score (nSPS) is 9.77. The molecule has 1 amide bonds. The minimum Gasteiger partial charge on any atom is -0.397 e. The lowest BCUT2D eigenvalue weighted by molar-refractivity contribution is 0.0826. The van der Waals surface area contributed by atoms with Crippen LogP contribution in [0.1, 0.15) is 16.1 Å². The third kappa shape index (κ3) is 1.96. The molecule has 1 heterocycles. The second-order valence-electron chi connectivity index (χ2n) is 3.10. The molecule has 0 aromatic carbocycles. The molecule has 70 valence electrons. The second kappa shape index (κ2) is 3.43. The van der Waals surface area contributed by atoms with Crippen molar-refractivity contribution in [1.29, 1.82) is 0 Å². The quantitative estimate of drug-likeness (QED) is 0.689. The number of hydrogen-bond acceptors (Lipinski definition) is 3. The van der Waals surface area contributed by atoms with Crippen LogP contribution in [0.4, 0.5) is 5.69 Å². The summed E-state index contributed by atoms with van der Waals surface area (Å²) in [5.41, 5.74) is 7.30. The van der Waals surface area contributed by atoms with Gasteiger partial charge in [0.15, 0.2) is 0 Å². The summed E-state index contributed by atoms with van der Waals surface area (Å²) in [5, 5.41) is 0. The monoisotopic (exact) mass is 179 g/mol. The van der Waals surface area contributed by atoms with Gasteiger partial charge in [-0.15, -0.1) is 0 Å². The first-order chi connectivity index (χ1) is 6.02. The van der Waals surface area contributed by atoms with Gasteiger partial charge in [0.1, 0.15) is 0 Å². The molecule has 4 heteroatoms. The Kier molecular flexibility index (Phi) is 2.51. The summed E-state index contributed by atoms with van der Waals surface area (Å²) in [6, 6.07) is 1.64. The molecule has 13 heavy (non-hydrogen) atoms. The maximum Gasteiger partial charge on any atom is 0.255 e. The van der Waals surface area contributed by atoms with Gasteiger partial charge in [-0.1, -0.05) is 0 Å². The molecule has 2 N–H and O–H groups in total. The number of nitrogens with zero attached hydrogens (tertiary/aromatic N) is 2. The first-order valence-electron chi connectivity index (χ1n) is 3.96. The van der Waals surface area contributed by atoms with E-state index >= 15 is 0 Å². The van der Waals surface area contributed by atoms with Gasteiger partial charge in [0.25, 0.3) is 5.91 Å². The summed E-state index contributed by atoms with van der Waals surface area (Å²) < 4.78 is 0. The minimum atomic E-state index is -0.0719. The highest BCUT2D eigenvalue weighted by atomic mass is 16.2. The van der Waals surface area contributed by atoms with E-state index in [1.807, 2.05) is 0 Å². The maximum absolute atomic E-state index is 11.5. The highest BCUT2D eigenvalue weighted by Crippen LogP contribution is 2.10. The Morgan fingerprint density at radius 3 is 2.69 bits per heavy atom. The van der Waals surface area contributed by atoms with E-state index in [0.29, 0.717) is 16.9 Å². The average molecular weight is 179 g/mol. The molecule has 1 rings (SSSR count). The van der Waals surface area contributed by atoms with Gasteiger partial charge in [0, 0.05) is 14.1 Å². The van der Waals surface area contributed by atoms with Gasteiger partial charge in [-0.2, -0.15) is 0 Å². The predicted molar refractivity (Wildman–Crippen MR) is 51.4 cm³/mol. The molecule has 0 fully saturated rings. The van der Waals surface area contributed by atoms with E-state index in [2.05, 4.69) is 4.98 Å². The van der Waals surface area contributed by atoms with Crippen LogP contribution in [0.15, 0.2) is 12.3 Å². The van der Waals surface area contributed by atoms with Crippen LogP contribution in [0.2, 0.25) is 0 Å². The molecule has 0 saturated carbocycles. The number of aryl methyl sites for hydroxylation is 1. The van der Waals surface area contributed by atoms with Crippen LogP contribution in [0.5, 0.6) is 0 Å². The average Bonchev–Trinajstić information content (AvgIpc) is 2.08. The number of pyridine rings is 1. The van der Waals surface area contributed by atoms with E-state index < -0.39 is 0 Å². The minimum absolute atomic E-state index is 0.0719. The Morgan fingerprint density at radius 2 is 2.15 bits per heavy atom. The highest BCUT2D eigenvalue weighted by molar-refractivity contribution is 5.95. The van der Waals surface area contributed by atoms with E-state index in [1.54, 1.807) is 33.3 Å². The number of carbonyl (C=O) groups excluding carboxylic acids is 1. The van der Waals surface area contributed by atoms with Crippen LogP contribution >= 0.6 is 0 Å². The molecule has 0 bridgehead atoms. The van der Waals surface area contributed by atoms with Crippen molar-refractivity contribution in [3.63, 3.8) is 0 Å². The van der Waals surface area contributed by atoms with Crippen LogP contribution < -0.4 is 5.73 Å². The fourth-order valence-corrected chi connectivity index (χ4v) is 1.01. The molecule has 0 saturated heterocycles. The molecule has 0 aliphatic carbocycles. The van der Waals surface area contributed by atoms with Gasteiger partial charge in [0.2, 0.25) is 0 Å². The van der Waals surface area contributed by atoms with Crippen molar-refractivity contribution in [1.82, 2.24) is 9.88 Å². The second-order valence-corrected chi connectivity index (χ2v) is 3.10. The third-order valence-corrected chi connectivity index (χ3v) is 1.74. The Morgan fingerprint density at radius 1 is 1.54 bits per heavy atom. The van der Waals surface area contributed by atoms with Crippen molar-refractivity contribution >= 4 is 11.6 Å². The summed E-state index contributed by atoms with van der Waals surface area (Å²) in [4.78, 5) is 17.1. The largest absolute Gasteiger partial charge is 0.397 e. The zero-order chi connectivity index (χ0) is 10.0. The number of carbonyl (C=O) groups is 1. The van der Waals surface area contributed by atoms with Gasteiger partial charge in [-0.25, -0.2) is 0 Å². The van der Waals surface area contributed by atoms with Crippen molar-refractivity contribution in [2.45, 2.75) is 6.92 Å².